The number of ether oxygens (including phenoxy) is 2. The zero-order valence-electron chi connectivity index (χ0n) is 17.9. The van der Waals surface area contributed by atoms with E-state index >= 15 is 0 Å². The minimum atomic E-state index is -0.491. The van der Waals surface area contributed by atoms with Crippen molar-refractivity contribution in [2.45, 2.75) is 19.8 Å². The van der Waals surface area contributed by atoms with Crippen molar-refractivity contribution < 1.29 is 23.9 Å². The summed E-state index contributed by atoms with van der Waals surface area (Å²) in [6.07, 6.45) is 0. The molecular formula is C23H17Cl2N3O6. The Bertz CT molecular complexity index is 1330. The second kappa shape index (κ2) is 9.28. The summed E-state index contributed by atoms with van der Waals surface area (Å²) >= 11 is 12.7. The summed E-state index contributed by atoms with van der Waals surface area (Å²) in [5.41, 5.74) is 0.561. The molecule has 1 aliphatic rings. The van der Waals surface area contributed by atoms with Crippen LogP contribution in [-0.4, -0.2) is 34.6 Å². The van der Waals surface area contributed by atoms with Gasteiger partial charge >= 0.3 is 5.97 Å². The number of hydrogen-bond acceptors (Lipinski definition) is 7. The lowest BCUT2D eigenvalue weighted by molar-refractivity contribution is -0.141. The van der Waals surface area contributed by atoms with E-state index in [2.05, 4.69) is 10.2 Å². The number of anilines is 1. The molecule has 2 heterocycles. The Balaban J connectivity index is 1.61. The van der Waals surface area contributed by atoms with Gasteiger partial charge in [0.05, 0.1) is 33.5 Å². The zero-order chi connectivity index (χ0) is 24.6. The van der Waals surface area contributed by atoms with Crippen molar-refractivity contribution in [3.8, 4) is 11.6 Å². The first-order valence-corrected chi connectivity index (χ1v) is 10.8. The van der Waals surface area contributed by atoms with Crippen LogP contribution in [0.1, 0.15) is 46.0 Å². The van der Waals surface area contributed by atoms with Gasteiger partial charge in [-0.25, -0.2) is 10.00 Å². The topological polar surface area (TPSA) is 119 Å². The summed E-state index contributed by atoms with van der Waals surface area (Å²) in [7, 11) is 0. The molecular weight excluding hydrogens is 485 g/mol. The number of aromatic amines is 1. The lowest BCUT2D eigenvalue weighted by Gasteiger charge is -2.17. The maximum absolute atomic E-state index is 12.7. The summed E-state index contributed by atoms with van der Waals surface area (Å²) in [6.45, 7) is 2.97. The molecule has 2 amide bonds. The fourth-order valence-electron chi connectivity index (χ4n) is 3.45. The van der Waals surface area contributed by atoms with Crippen molar-refractivity contribution in [2.75, 3.05) is 11.5 Å². The molecule has 1 unspecified atom stereocenters. The van der Waals surface area contributed by atoms with Crippen LogP contribution in [0.4, 0.5) is 5.69 Å². The molecule has 4 rings (SSSR count). The normalized spacial score (nSPS) is 13.6. The fraction of sp³-hybridized carbons (Fsp3) is 0.174. The van der Waals surface area contributed by atoms with Crippen molar-refractivity contribution in [3.63, 3.8) is 0 Å². The van der Waals surface area contributed by atoms with Gasteiger partial charge in [0.25, 0.3) is 17.4 Å². The highest BCUT2D eigenvalue weighted by Crippen LogP contribution is 2.41. The molecule has 1 aromatic heterocycles. The van der Waals surface area contributed by atoms with Crippen LogP contribution in [0.3, 0.4) is 0 Å². The van der Waals surface area contributed by atoms with E-state index in [4.69, 9.17) is 32.7 Å². The molecule has 0 fully saturated rings. The number of amides is 2. The number of aromatic nitrogens is 2. The van der Waals surface area contributed by atoms with E-state index in [0.717, 1.165) is 4.90 Å². The SMILES string of the molecule is CC(=O)OCC(C)c1cc(Oc2c(Cl)cc(N3C(=O)c4ccccc4C3=O)cc2Cl)n[nH]c1=O. The Morgan fingerprint density at radius 1 is 1.06 bits per heavy atom. The quantitative estimate of drug-likeness (QED) is 0.394. The van der Waals surface area contributed by atoms with Crippen molar-refractivity contribution >= 4 is 46.7 Å². The number of benzene rings is 2. The molecule has 174 valence electrons. The molecule has 0 radical (unpaired) electrons. The molecule has 0 aliphatic carbocycles. The fourth-order valence-corrected chi connectivity index (χ4v) is 4.01. The second-order valence-electron chi connectivity index (χ2n) is 7.53. The minimum Gasteiger partial charge on any atom is -0.465 e. The molecule has 0 saturated heterocycles. The number of imide groups is 1. The first kappa shape index (κ1) is 23.5. The van der Waals surface area contributed by atoms with Gasteiger partial charge in [-0.3, -0.25) is 19.2 Å². The smallest absolute Gasteiger partial charge is 0.302 e. The van der Waals surface area contributed by atoms with Gasteiger partial charge in [0.1, 0.15) is 0 Å². The van der Waals surface area contributed by atoms with Crippen LogP contribution in [-0.2, 0) is 9.53 Å². The number of nitrogens with zero attached hydrogens (tertiary/aromatic N) is 2. The maximum Gasteiger partial charge on any atom is 0.302 e. The third kappa shape index (κ3) is 4.40. The van der Waals surface area contributed by atoms with E-state index in [1.165, 1.54) is 25.1 Å². The number of carbonyl (C=O) groups excluding carboxylic acids is 3. The molecule has 1 N–H and O–H groups in total. The molecule has 1 atom stereocenters. The van der Waals surface area contributed by atoms with E-state index in [1.54, 1.807) is 31.2 Å². The number of nitrogens with one attached hydrogen (secondary N) is 1. The van der Waals surface area contributed by atoms with Crippen molar-refractivity contribution in [1.82, 2.24) is 10.2 Å². The lowest BCUT2D eigenvalue weighted by Crippen LogP contribution is -2.29. The van der Waals surface area contributed by atoms with Gasteiger partial charge in [0.15, 0.2) is 5.75 Å². The Labute approximate surface area is 203 Å². The third-order valence-corrected chi connectivity index (χ3v) is 5.68. The Morgan fingerprint density at radius 3 is 2.21 bits per heavy atom. The Hall–Kier alpha value is -3.69. The standard InChI is InChI=1S/C23H17Cl2N3O6/c1-11(10-33-12(2)29)16-9-19(26-27-21(16)30)34-20-17(24)7-13(8-18(20)25)28-22(31)14-5-3-4-6-15(14)23(28)32/h3-9,11H,10H2,1-2H3,(H,27,30). The van der Waals surface area contributed by atoms with E-state index in [1.807, 2.05) is 0 Å². The summed E-state index contributed by atoms with van der Waals surface area (Å²) in [6, 6.07) is 10.6. The lowest BCUT2D eigenvalue weighted by atomic mass is 10.1. The first-order chi connectivity index (χ1) is 16.2. The highest BCUT2D eigenvalue weighted by atomic mass is 35.5. The van der Waals surface area contributed by atoms with Gasteiger partial charge in [0.2, 0.25) is 5.88 Å². The second-order valence-corrected chi connectivity index (χ2v) is 8.34. The van der Waals surface area contributed by atoms with E-state index in [-0.39, 0.29) is 50.7 Å². The van der Waals surface area contributed by atoms with Crippen LogP contribution in [0.15, 0.2) is 47.3 Å². The monoisotopic (exact) mass is 501 g/mol. The number of esters is 1. The van der Waals surface area contributed by atoms with Crippen molar-refractivity contribution in [1.29, 1.82) is 0 Å². The predicted molar refractivity (Wildman–Crippen MR) is 124 cm³/mol. The van der Waals surface area contributed by atoms with Gasteiger partial charge in [0, 0.05) is 24.5 Å². The predicted octanol–water partition coefficient (Wildman–Crippen LogP) is 4.34. The van der Waals surface area contributed by atoms with Crippen molar-refractivity contribution in [2.24, 2.45) is 0 Å². The number of rotatable bonds is 6. The molecule has 3 aromatic rings. The van der Waals surface area contributed by atoms with Gasteiger partial charge < -0.3 is 9.47 Å². The van der Waals surface area contributed by atoms with Crippen LogP contribution in [0.2, 0.25) is 10.0 Å². The largest absolute Gasteiger partial charge is 0.465 e. The Morgan fingerprint density at radius 2 is 1.65 bits per heavy atom. The average molecular weight is 502 g/mol. The summed E-state index contributed by atoms with van der Waals surface area (Å²) in [5, 5.41) is 6.19. The third-order valence-electron chi connectivity index (χ3n) is 5.12. The molecule has 2 aromatic carbocycles. The van der Waals surface area contributed by atoms with E-state index in [0.29, 0.717) is 0 Å². The van der Waals surface area contributed by atoms with Crippen molar-refractivity contribution in [3.05, 3.63) is 79.6 Å². The number of carbonyl (C=O) groups is 3. The highest BCUT2D eigenvalue weighted by Gasteiger charge is 2.37. The summed E-state index contributed by atoms with van der Waals surface area (Å²) in [5.74, 6) is -1.88. The van der Waals surface area contributed by atoms with Gasteiger partial charge in [-0.2, -0.15) is 0 Å². The van der Waals surface area contributed by atoms with E-state index in [9.17, 15) is 19.2 Å². The first-order valence-electron chi connectivity index (χ1n) is 10.0. The van der Waals surface area contributed by atoms with Crippen LogP contribution in [0.5, 0.6) is 11.6 Å². The summed E-state index contributed by atoms with van der Waals surface area (Å²) in [4.78, 5) is 49.7. The molecule has 0 bridgehead atoms. The minimum absolute atomic E-state index is 0.00163. The molecule has 34 heavy (non-hydrogen) atoms. The zero-order valence-corrected chi connectivity index (χ0v) is 19.4. The highest BCUT2D eigenvalue weighted by molar-refractivity contribution is 6.39. The van der Waals surface area contributed by atoms with Crippen LogP contribution in [0.25, 0.3) is 0 Å². The van der Waals surface area contributed by atoms with Crippen LogP contribution in [0, 0.1) is 0 Å². The van der Waals surface area contributed by atoms with Gasteiger partial charge in [-0.1, -0.05) is 42.3 Å². The number of H-pyrrole nitrogens is 1. The number of fused-ring (bicyclic) bond motifs is 1. The van der Waals surface area contributed by atoms with Crippen LogP contribution >= 0.6 is 23.2 Å². The van der Waals surface area contributed by atoms with E-state index < -0.39 is 29.3 Å². The molecule has 0 saturated carbocycles. The molecule has 0 spiro atoms. The van der Waals surface area contributed by atoms with Gasteiger partial charge in [-0.15, -0.1) is 5.10 Å². The average Bonchev–Trinajstić information content (AvgIpc) is 3.05. The number of hydrogen-bond donors (Lipinski definition) is 1. The van der Waals surface area contributed by atoms with Crippen LogP contribution < -0.4 is 15.2 Å². The molecule has 1 aliphatic heterocycles. The molecule has 9 nitrogen and oxygen atoms in total. The summed E-state index contributed by atoms with van der Waals surface area (Å²) < 4.78 is 10.7. The van der Waals surface area contributed by atoms with Gasteiger partial charge in [-0.05, 0) is 24.3 Å². The number of halogens is 2. The maximum atomic E-state index is 12.7. The molecule has 11 heteroatoms. The Kier molecular flexibility index (Phi) is 6.41.